The molecular formula is C20H15F6NO2. The largest absolute Gasteiger partial charge is 0.485 e. The van der Waals surface area contributed by atoms with Crippen molar-refractivity contribution in [2.24, 2.45) is 0 Å². The van der Waals surface area contributed by atoms with Gasteiger partial charge in [0.25, 0.3) is 5.54 Å². The number of alkyl halides is 6. The lowest BCUT2D eigenvalue weighted by atomic mass is 9.93. The molecule has 0 spiro atoms. The Labute approximate surface area is 162 Å². The molecule has 0 heterocycles. The number of hydrogen-bond donors (Lipinski definition) is 0. The molecule has 3 nitrogen and oxygen atoms in total. The molecule has 0 amide bonds. The van der Waals surface area contributed by atoms with Gasteiger partial charge in [-0.05, 0) is 24.3 Å². The van der Waals surface area contributed by atoms with Crippen molar-refractivity contribution in [3.63, 3.8) is 0 Å². The molecule has 0 saturated carbocycles. The molecular weight excluding hydrogens is 400 g/mol. The number of para-hydroxylation sites is 1. The average Bonchev–Trinajstić information content (AvgIpc) is 2.65. The van der Waals surface area contributed by atoms with E-state index < -0.39 is 53.6 Å². The Kier molecular flexibility index (Phi) is 6.26. The van der Waals surface area contributed by atoms with Crippen molar-refractivity contribution in [3.8, 4) is 5.75 Å². The number of hydrogen-bond acceptors (Lipinski definition) is 2. The molecule has 2 aromatic carbocycles. The van der Waals surface area contributed by atoms with E-state index in [9.17, 15) is 31.1 Å². The van der Waals surface area contributed by atoms with Crippen molar-refractivity contribution in [2.45, 2.75) is 31.2 Å². The van der Waals surface area contributed by atoms with Crippen LogP contribution >= 0.6 is 0 Å². The maximum absolute atomic E-state index is 13.0. The number of ether oxygens (including phenoxy) is 1. The van der Waals surface area contributed by atoms with Crippen LogP contribution in [0.1, 0.15) is 34.8 Å². The molecule has 1 atom stereocenters. The lowest BCUT2D eigenvalue weighted by Gasteiger charge is -2.19. The van der Waals surface area contributed by atoms with Crippen LogP contribution in [-0.4, -0.2) is 17.9 Å². The fraction of sp³-hybridized carbons (Fsp3) is 0.300. The first-order chi connectivity index (χ1) is 13.4. The van der Waals surface area contributed by atoms with E-state index in [1.54, 1.807) is 0 Å². The molecule has 0 radical (unpaired) electrons. The third kappa shape index (κ3) is 5.73. The molecule has 2 rings (SSSR count). The summed E-state index contributed by atoms with van der Waals surface area (Å²) in [5, 5.41) is 0. The number of nitrogens with zero attached hydrogens (tertiary/aromatic N) is 1. The first kappa shape index (κ1) is 22.3. The highest BCUT2D eigenvalue weighted by atomic mass is 19.4. The monoisotopic (exact) mass is 415 g/mol. The van der Waals surface area contributed by atoms with Gasteiger partial charge in [0, 0.05) is 12.5 Å². The van der Waals surface area contributed by atoms with E-state index in [0.29, 0.717) is 0 Å². The minimum atomic E-state index is -4.65. The number of benzene rings is 2. The summed E-state index contributed by atoms with van der Waals surface area (Å²) in [7, 11) is 0. The predicted octanol–water partition coefficient (Wildman–Crippen LogP) is 6.05. The second-order valence-corrected chi connectivity index (χ2v) is 6.57. The first-order valence-corrected chi connectivity index (χ1v) is 8.24. The third-order valence-electron chi connectivity index (χ3n) is 4.08. The zero-order chi connectivity index (χ0) is 21.9. The van der Waals surface area contributed by atoms with E-state index in [2.05, 4.69) is 4.85 Å². The highest BCUT2D eigenvalue weighted by Gasteiger charge is 2.38. The predicted molar refractivity (Wildman–Crippen MR) is 92.3 cm³/mol. The maximum Gasteiger partial charge on any atom is 0.419 e. The van der Waals surface area contributed by atoms with Gasteiger partial charge in [-0.15, -0.1) is 0 Å². The average molecular weight is 415 g/mol. The van der Waals surface area contributed by atoms with E-state index >= 15 is 0 Å². The van der Waals surface area contributed by atoms with Gasteiger partial charge in [-0.3, -0.25) is 4.79 Å². The van der Waals surface area contributed by atoms with Crippen LogP contribution in [-0.2, 0) is 12.4 Å². The molecule has 0 fully saturated rings. The molecule has 2 aromatic rings. The SMILES string of the molecule is [C-]#[N+]C(C)(COc1ccccc1C(F)(F)F)CC(=O)c1ccc(C(F)(F)F)cc1. The summed E-state index contributed by atoms with van der Waals surface area (Å²) >= 11 is 0. The summed E-state index contributed by atoms with van der Waals surface area (Å²) in [4.78, 5) is 15.6. The fourth-order valence-electron chi connectivity index (χ4n) is 2.48. The number of ketones is 1. The minimum Gasteiger partial charge on any atom is -0.485 e. The Morgan fingerprint density at radius 3 is 2.07 bits per heavy atom. The third-order valence-corrected chi connectivity index (χ3v) is 4.08. The lowest BCUT2D eigenvalue weighted by Crippen LogP contribution is -2.32. The summed E-state index contributed by atoms with van der Waals surface area (Å²) in [5.74, 6) is -1.10. The molecule has 0 aliphatic heterocycles. The molecule has 0 aromatic heterocycles. The molecule has 0 bridgehead atoms. The molecule has 0 aliphatic carbocycles. The minimum absolute atomic E-state index is 0.0384. The van der Waals surface area contributed by atoms with Crippen molar-refractivity contribution in [3.05, 3.63) is 76.6 Å². The van der Waals surface area contributed by atoms with Gasteiger partial charge < -0.3 is 9.58 Å². The zero-order valence-corrected chi connectivity index (χ0v) is 15.1. The topological polar surface area (TPSA) is 30.7 Å². The van der Waals surface area contributed by atoms with Gasteiger partial charge >= 0.3 is 12.4 Å². The Morgan fingerprint density at radius 1 is 0.966 bits per heavy atom. The van der Waals surface area contributed by atoms with E-state index in [1.807, 2.05) is 0 Å². The van der Waals surface area contributed by atoms with Crippen LogP contribution in [0.25, 0.3) is 4.85 Å². The van der Waals surface area contributed by atoms with Gasteiger partial charge in [0.1, 0.15) is 5.75 Å². The van der Waals surface area contributed by atoms with Crippen LogP contribution in [0.2, 0.25) is 0 Å². The van der Waals surface area contributed by atoms with Gasteiger partial charge in [0.2, 0.25) is 0 Å². The number of carbonyl (C=O) groups is 1. The molecule has 29 heavy (non-hydrogen) atoms. The number of halogens is 6. The van der Waals surface area contributed by atoms with Crippen molar-refractivity contribution >= 4 is 5.78 Å². The van der Waals surface area contributed by atoms with E-state index in [0.717, 1.165) is 36.4 Å². The molecule has 154 valence electrons. The van der Waals surface area contributed by atoms with Crippen LogP contribution < -0.4 is 4.74 Å². The summed E-state index contributed by atoms with van der Waals surface area (Å²) in [5.41, 5.74) is -3.47. The van der Waals surface area contributed by atoms with Crippen LogP contribution in [0.15, 0.2) is 48.5 Å². The van der Waals surface area contributed by atoms with Crippen molar-refractivity contribution in [1.29, 1.82) is 0 Å². The maximum atomic E-state index is 13.0. The highest BCUT2D eigenvalue weighted by Crippen LogP contribution is 2.36. The van der Waals surface area contributed by atoms with Gasteiger partial charge in [-0.2, -0.15) is 26.3 Å². The molecule has 0 N–H and O–H groups in total. The van der Waals surface area contributed by atoms with Crippen LogP contribution in [0.4, 0.5) is 26.3 Å². The quantitative estimate of drug-likeness (QED) is 0.327. The Morgan fingerprint density at radius 2 is 1.55 bits per heavy atom. The highest BCUT2D eigenvalue weighted by molar-refractivity contribution is 5.97. The fourth-order valence-corrected chi connectivity index (χ4v) is 2.48. The molecule has 0 saturated heterocycles. The number of rotatable bonds is 6. The van der Waals surface area contributed by atoms with Gasteiger partial charge in [-0.1, -0.05) is 24.3 Å². The van der Waals surface area contributed by atoms with Crippen LogP contribution in [0.5, 0.6) is 5.75 Å². The summed E-state index contributed by atoms with van der Waals surface area (Å²) in [6.45, 7) is 8.12. The second kappa shape index (κ2) is 8.15. The second-order valence-electron chi connectivity index (χ2n) is 6.57. The Bertz CT molecular complexity index is 912. The first-order valence-electron chi connectivity index (χ1n) is 8.24. The van der Waals surface area contributed by atoms with Crippen LogP contribution in [0.3, 0.4) is 0 Å². The van der Waals surface area contributed by atoms with E-state index in [1.165, 1.54) is 19.1 Å². The Hall–Kier alpha value is -3.02. The smallest absolute Gasteiger partial charge is 0.419 e. The molecule has 1 unspecified atom stereocenters. The normalized spacial score (nSPS) is 14.0. The van der Waals surface area contributed by atoms with Crippen LogP contribution in [0, 0.1) is 6.57 Å². The standard InChI is InChI=1S/C20H15F6NO2/c1-18(27-2,12-29-17-6-4-3-5-15(17)20(24,25)26)11-16(28)13-7-9-14(10-8-13)19(21,22)23/h3-10H,11-12H2,1H3. The Balaban J connectivity index is 2.13. The van der Waals surface area contributed by atoms with E-state index in [4.69, 9.17) is 11.3 Å². The summed E-state index contributed by atoms with van der Waals surface area (Å²) < 4.78 is 82.1. The van der Waals surface area contributed by atoms with Crippen molar-refractivity contribution < 1.29 is 35.9 Å². The summed E-state index contributed by atoms with van der Waals surface area (Å²) in [6.07, 6.45) is -9.64. The molecule has 9 heteroatoms. The van der Waals surface area contributed by atoms with Gasteiger partial charge in [-0.25, -0.2) is 6.57 Å². The zero-order valence-electron chi connectivity index (χ0n) is 15.1. The van der Waals surface area contributed by atoms with Crippen molar-refractivity contribution in [1.82, 2.24) is 0 Å². The van der Waals surface area contributed by atoms with Gasteiger partial charge in [0.05, 0.1) is 17.5 Å². The number of Topliss-reactive ketones (excluding diaryl/α,β-unsaturated/α-hetero) is 1. The molecule has 0 aliphatic rings. The van der Waals surface area contributed by atoms with Gasteiger partial charge in [0.15, 0.2) is 12.4 Å². The number of carbonyl (C=O) groups excluding carboxylic acids is 1. The summed E-state index contributed by atoms with van der Waals surface area (Å²) in [6, 6.07) is 7.95. The van der Waals surface area contributed by atoms with E-state index in [-0.39, 0.29) is 5.56 Å². The van der Waals surface area contributed by atoms with Crippen molar-refractivity contribution in [2.75, 3.05) is 6.61 Å². The lowest BCUT2D eigenvalue weighted by molar-refractivity contribution is -0.139.